The number of halogens is 1. The Morgan fingerprint density at radius 3 is 2.39 bits per heavy atom. The van der Waals surface area contributed by atoms with Crippen molar-refractivity contribution in [1.82, 2.24) is 9.99 Å². The van der Waals surface area contributed by atoms with Crippen LogP contribution in [0.15, 0.2) is 82.4 Å². The molecule has 0 aliphatic carbocycles. The predicted octanol–water partition coefficient (Wildman–Crippen LogP) is 6.52. The van der Waals surface area contributed by atoms with E-state index < -0.39 is 0 Å². The normalized spacial score (nSPS) is 11.0. The van der Waals surface area contributed by atoms with E-state index in [4.69, 9.17) is 9.47 Å². The van der Waals surface area contributed by atoms with Gasteiger partial charge in [0.25, 0.3) is 5.91 Å². The highest BCUT2D eigenvalue weighted by Gasteiger charge is 2.11. The maximum absolute atomic E-state index is 12.7. The lowest BCUT2D eigenvalue weighted by molar-refractivity contribution is 0.0955. The number of hydrazone groups is 1. The summed E-state index contributed by atoms with van der Waals surface area (Å²) in [6, 6.07) is 23.4. The van der Waals surface area contributed by atoms with Crippen LogP contribution in [0.4, 0.5) is 0 Å². The van der Waals surface area contributed by atoms with E-state index in [1.165, 1.54) is 5.56 Å². The van der Waals surface area contributed by atoms with Gasteiger partial charge in [-0.1, -0.05) is 35.9 Å². The highest BCUT2D eigenvalue weighted by atomic mass is 79.9. The summed E-state index contributed by atoms with van der Waals surface area (Å²) in [5.41, 5.74) is 9.28. The van der Waals surface area contributed by atoms with Gasteiger partial charge >= 0.3 is 0 Å². The van der Waals surface area contributed by atoms with Crippen molar-refractivity contribution < 1.29 is 14.3 Å². The van der Waals surface area contributed by atoms with Gasteiger partial charge in [-0.15, -0.1) is 0 Å². The first-order valence-corrected chi connectivity index (χ1v) is 12.3. The minimum absolute atomic E-state index is 0.295. The van der Waals surface area contributed by atoms with Gasteiger partial charge in [0, 0.05) is 32.7 Å². The minimum Gasteiger partial charge on any atom is -0.493 e. The Morgan fingerprint density at radius 2 is 1.69 bits per heavy atom. The van der Waals surface area contributed by atoms with E-state index >= 15 is 0 Å². The summed E-state index contributed by atoms with van der Waals surface area (Å²) in [4.78, 5) is 12.7. The van der Waals surface area contributed by atoms with Gasteiger partial charge < -0.3 is 14.0 Å². The van der Waals surface area contributed by atoms with E-state index in [0.29, 0.717) is 23.7 Å². The number of carbonyl (C=O) groups is 1. The molecule has 1 amide bonds. The molecule has 1 N–H and O–H groups in total. The molecule has 0 radical (unpaired) electrons. The van der Waals surface area contributed by atoms with Crippen molar-refractivity contribution in [3.05, 3.63) is 111 Å². The van der Waals surface area contributed by atoms with Crippen LogP contribution in [0, 0.1) is 20.8 Å². The van der Waals surface area contributed by atoms with Crippen LogP contribution in [-0.2, 0) is 6.61 Å². The summed E-state index contributed by atoms with van der Waals surface area (Å²) in [7, 11) is 1.59. The molecule has 0 unspecified atom stereocenters. The Labute approximate surface area is 219 Å². The summed E-state index contributed by atoms with van der Waals surface area (Å²) in [6.45, 7) is 6.55. The number of aryl methyl sites for hydroxylation is 3. The lowest BCUT2D eigenvalue weighted by Crippen LogP contribution is -2.18. The van der Waals surface area contributed by atoms with E-state index in [1.54, 1.807) is 19.4 Å². The first-order valence-electron chi connectivity index (χ1n) is 11.5. The monoisotopic (exact) mass is 545 g/mol. The van der Waals surface area contributed by atoms with Crippen molar-refractivity contribution in [1.29, 1.82) is 0 Å². The van der Waals surface area contributed by atoms with Gasteiger partial charge in [0.1, 0.15) is 6.61 Å². The topological polar surface area (TPSA) is 64.8 Å². The maximum atomic E-state index is 12.7. The first kappa shape index (κ1) is 25.3. The van der Waals surface area contributed by atoms with Crippen molar-refractivity contribution in [3.8, 4) is 17.2 Å². The number of amides is 1. The number of carbonyl (C=O) groups excluding carboxylic acids is 1. The molecule has 7 heteroatoms. The molecule has 0 aliphatic heterocycles. The first-order chi connectivity index (χ1) is 17.4. The fourth-order valence-corrected chi connectivity index (χ4v) is 4.28. The average molecular weight is 546 g/mol. The van der Waals surface area contributed by atoms with Crippen LogP contribution >= 0.6 is 15.9 Å². The van der Waals surface area contributed by atoms with E-state index in [-0.39, 0.29) is 5.91 Å². The molecule has 4 aromatic rings. The van der Waals surface area contributed by atoms with Crippen LogP contribution in [0.5, 0.6) is 11.5 Å². The fraction of sp³-hybridized carbons (Fsp3) is 0.172. The summed E-state index contributed by atoms with van der Waals surface area (Å²) in [6.07, 6.45) is 1.57. The number of methoxy groups -OCH3 is 1. The summed E-state index contributed by atoms with van der Waals surface area (Å²) >= 11 is 3.56. The third kappa shape index (κ3) is 5.86. The van der Waals surface area contributed by atoms with Crippen LogP contribution in [0.3, 0.4) is 0 Å². The van der Waals surface area contributed by atoms with Crippen molar-refractivity contribution in [2.45, 2.75) is 27.4 Å². The van der Waals surface area contributed by atoms with Gasteiger partial charge in [0.15, 0.2) is 11.5 Å². The molecule has 1 aromatic heterocycles. The number of benzene rings is 3. The Bertz CT molecular complexity index is 1390. The standard InChI is InChI=1S/C29H28BrN3O3/c1-19-8-12-22(13-9-19)18-36-28-16-26(30)24(15-27(28)35-4)17-31-32-29(34)23-6-5-7-25(14-23)33-20(2)10-11-21(33)3/h5-17H,18H2,1-4H3,(H,32,34). The van der Waals surface area contributed by atoms with Crippen LogP contribution < -0.4 is 14.9 Å². The van der Waals surface area contributed by atoms with Crippen LogP contribution in [0.25, 0.3) is 5.69 Å². The molecule has 4 rings (SSSR count). The quantitative estimate of drug-likeness (QED) is 0.202. The number of nitrogens with zero attached hydrogens (tertiary/aromatic N) is 2. The predicted molar refractivity (Wildman–Crippen MR) is 147 cm³/mol. The average Bonchev–Trinajstić information content (AvgIpc) is 3.22. The molecule has 0 saturated carbocycles. The molecule has 0 spiro atoms. The van der Waals surface area contributed by atoms with Gasteiger partial charge in [0.2, 0.25) is 0 Å². The molecule has 0 saturated heterocycles. The number of hydrogen-bond donors (Lipinski definition) is 1. The molecular weight excluding hydrogens is 518 g/mol. The Balaban J connectivity index is 1.45. The fourth-order valence-electron chi connectivity index (χ4n) is 3.85. The van der Waals surface area contributed by atoms with Crippen molar-refractivity contribution >= 4 is 28.1 Å². The second-order valence-corrected chi connectivity index (χ2v) is 9.35. The number of ether oxygens (including phenoxy) is 2. The smallest absolute Gasteiger partial charge is 0.271 e. The molecule has 0 bridgehead atoms. The zero-order valence-electron chi connectivity index (χ0n) is 20.7. The lowest BCUT2D eigenvalue weighted by Gasteiger charge is -2.13. The summed E-state index contributed by atoms with van der Waals surface area (Å²) in [5, 5.41) is 4.16. The van der Waals surface area contributed by atoms with Crippen molar-refractivity contribution in [3.63, 3.8) is 0 Å². The number of nitrogens with one attached hydrogen (secondary N) is 1. The Kier molecular flexibility index (Phi) is 7.90. The third-order valence-electron chi connectivity index (χ3n) is 5.81. The number of hydrogen-bond acceptors (Lipinski definition) is 4. The highest BCUT2D eigenvalue weighted by molar-refractivity contribution is 9.10. The minimum atomic E-state index is -0.295. The van der Waals surface area contributed by atoms with E-state index in [1.807, 2.05) is 56.3 Å². The van der Waals surface area contributed by atoms with Gasteiger partial charge in [-0.25, -0.2) is 5.43 Å². The van der Waals surface area contributed by atoms with Crippen LogP contribution in [0.2, 0.25) is 0 Å². The largest absolute Gasteiger partial charge is 0.493 e. The second-order valence-electron chi connectivity index (χ2n) is 8.50. The molecule has 6 nitrogen and oxygen atoms in total. The van der Waals surface area contributed by atoms with Gasteiger partial charge in [-0.2, -0.15) is 5.10 Å². The molecular formula is C29H28BrN3O3. The van der Waals surface area contributed by atoms with Gasteiger partial charge in [-0.05, 0) is 84.7 Å². The van der Waals surface area contributed by atoms with E-state index in [2.05, 4.69) is 62.2 Å². The zero-order valence-corrected chi connectivity index (χ0v) is 22.3. The molecule has 0 aliphatic rings. The lowest BCUT2D eigenvalue weighted by atomic mass is 10.1. The molecule has 0 atom stereocenters. The number of rotatable bonds is 8. The zero-order chi connectivity index (χ0) is 25.7. The second kappa shape index (κ2) is 11.3. The van der Waals surface area contributed by atoms with Crippen LogP contribution in [0.1, 0.15) is 38.4 Å². The van der Waals surface area contributed by atoms with Crippen LogP contribution in [-0.4, -0.2) is 23.8 Å². The van der Waals surface area contributed by atoms with E-state index in [0.717, 1.165) is 32.7 Å². The molecule has 3 aromatic carbocycles. The van der Waals surface area contributed by atoms with E-state index in [9.17, 15) is 4.79 Å². The van der Waals surface area contributed by atoms with Crippen molar-refractivity contribution in [2.75, 3.05) is 7.11 Å². The summed E-state index contributed by atoms with van der Waals surface area (Å²) in [5.74, 6) is 0.888. The molecule has 36 heavy (non-hydrogen) atoms. The third-order valence-corrected chi connectivity index (χ3v) is 6.49. The van der Waals surface area contributed by atoms with Gasteiger partial charge in [0.05, 0.1) is 13.3 Å². The highest BCUT2D eigenvalue weighted by Crippen LogP contribution is 2.33. The molecule has 184 valence electrons. The number of aromatic nitrogens is 1. The molecule has 0 fully saturated rings. The molecule has 1 heterocycles. The van der Waals surface area contributed by atoms with Gasteiger partial charge in [-0.3, -0.25) is 4.79 Å². The Morgan fingerprint density at radius 1 is 0.972 bits per heavy atom. The SMILES string of the molecule is COc1cc(C=NNC(=O)c2cccc(-n3c(C)ccc3C)c2)c(Br)cc1OCc1ccc(C)cc1. The Hall–Kier alpha value is -3.84. The maximum Gasteiger partial charge on any atom is 0.271 e. The van der Waals surface area contributed by atoms with Crippen molar-refractivity contribution in [2.24, 2.45) is 5.10 Å². The summed E-state index contributed by atoms with van der Waals surface area (Å²) < 4.78 is 14.4.